The molecule has 140 valence electrons. The summed E-state index contributed by atoms with van der Waals surface area (Å²) in [6, 6.07) is 7.96. The molecule has 0 saturated carbocycles. The predicted molar refractivity (Wildman–Crippen MR) is 98.7 cm³/mol. The number of halogens is 1. The minimum Gasteiger partial charge on any atom is -0.455 e. The number of carbonyl (C=O) groups excluding carboxylic acids is 3. The third-order valence-electron chi connectivity index (χ3n) is 3.74. The van der Waals surface area contributed by atoms with Crippen LogP contribution in [0.4, 0.5) is 0 Å². The molecule has 0 aromatic heterocycles. The molecule has 1 saturated heterocycles. The van der Waals surface area contributed by atoms with Gasteiger partial charge in [-0.15, -0.1) is 11.6 Å². The zero-order valence-corrected chi connectivity index (χ0v) is 16.1. The average Bonchev–Trinajstić information content (AvgIpc) is 2.58. The lowest BCUT2D eigenvalue weighted by Gasteiger charge is -2.40. The van der Waals surface area contributed by atoms with Gasteiger partial charge in [0.15, 0.2) is 0 Å². The molecule has 1 atom stereocenters. The van der Waals surface area contributed by atoms with Crippen molar-refractivity contribution < 1.29 is 19.1 Å². The van der Waals surface area contributed by atoms with Crippen LogP contribution >= 0.6 is 11.6 Å². The first kappa shape index (κ1) is 20.0. The second-order valence-corrected chi connectivity index (χ2v) is 7.37. The predicted octanol–water partition coefficient (Wildman–Crippen LogP) is 2.48. The Hall–Kier alpha value is -2.34. The van der Waals surface area contributed by atoms with Crippen LogP contribution in [0.5, 0.6) is 0 Å². The smallest absolute Gasteiger partial charge is 0.355 e. The SMILES string of the molecule is CC(CCl)=C(C(=O)OC(C)(C)C)N1CC(NC(=O)c2ccccc2)C1=O. The molecular formula is C19H23ClN2O4. The Bertz CT molecular complexity index is 738. The third-order valence-corrected chi connectivity index (χ3v) is 4.14. The summed E-state index contributed by atoms with van der Waals surface area (Å²) in [4.78, 5) is 38.4. The molecule has 1 aliphatic heterocycles. The number of nitrogens with one attached hydrogen (secondary N) is 1. The molecule has 1 unspecified atom stereocenters. The maximum absolute atomic E-state index is 12.5. The monoisotopic (exact) mass is 378 g/mol. The van der Waals surface area contributed by atoms with Crippen molar-refractivity contribution in [3.05, 3.63) is 47.2 Å². The summed E-state index contributed by atoms with van der Waals surface area (Å²) in [7, 11) is 0. The van der Waals surface area contributed by atoms with Gasteiger partial charge in [0.05, 0.1) is 6.54 Å². The van der Waals surface area contributed by atoms with E-state index >= 15 is 0 Å². The highest BCUT2D eigenvalue weighted by Gasteiger charge is 2.43. The fourth-order valence-corrected chi connectivity index (χ4v) is 2.60. The number of alkyl halides is 1. The van der Waals surface area contributed by atoms with E-state index in [2.05, 4.69) is 5.32 Å². The Labute approximate surface area is 158 Å². The van der Waals surface area contributed by atoms with Gasteiger partial charge in [-0.05, 0) is 45.4 Å². The van der Waals surface area contributed by atoms with Crippen LogP contribution in [0, 0.1) is 0 Å². The molecular weight excluding hydrogens is 356 g/mol. The first-order valence-corrected chi connectivity index (χ1v) is 8.84. The number of esters is 1. The first-order chi connectivity index (χ1) is 12.1. The molecule has 0 aliphatic carbocycles. The van der Waals surface area contributed by atoms with Crippen molar-refractivity contribution >= 4 is 29.4 Å². The highest BCUT2D eigenvalue weighted by molar-refractivity contribution is 6.20. The van der Waals surface area contributed by atoms with Crippen LogP contribution in [0.1, 0.15) is 38.1 Å². The molecule has 0 bridgehead atoms. The van der Waals surface area contributed by atoms with Gasteiger partial charge < -0.3 is 15.0 Å². The van der Waals surface area contributed by atoms with Crippen LogP contribution in [-0.4, -0.2) is 46.8 Å². The quantitative estimate of drug-likeness (QED) is 0.369. The Morgan fingerprint density at radius 1 is 1.27 bits per heavy atom. The highest BCUT2D eigenvalue weighted by Crippen LogP contribution is 2.24. The lowest BCUT2D eigenvalue weighted by atomic mass is 10.0. The van der Waals surface area contributed by atoms with E-state index in [0.29, 0.717) is 11.1 Å². The number of likely N-dealkylation sites (tertiary alicyclic amines) is 1. The summed E-state index contributed by atoms with van der Waals surface area (Å²) in [5.74, 6) is -1.20. The molecule has 1 aliphatic rings. The molecule has 0 radical (unpaired) electrons. The number of hydrogen-bond acceptors (Lipinski definition) is 4. The summed E-state index contributed by atoms with van der Waals surface area (Å²) in [5, 5.41) is 2.67. The highest BCUT2D eigenvalue weighted by atomic mass is 35.5. The molecule has 2 rings (SSSR count). The van der Waals surface area contributed by atoms with Crippen molar-refractivity contribution in [1.29, 1.82) is 0 Å². The number of β-lactam (4-membered cyclic amide) rings is 1. The number of benzene rings is 1. The van der Waals surface area contributed by atoms with E-state index < -0.39 is 17.6 Å². The number of rotatable bonds is 5. The second-order valence-electron chi connectivity index (χ2n) is 7.11. The van der Waals surface area contributed by atoms with Gasteiger partial charge >= 0.3 is 5.97 Å². The summed E-state index contributed by atoms with van der Waals surface area (Å²) < 4.78 is 5.38. The first-order valence-electron chi connectivity index (χ1n) is 8.30. The zero-order valence-electron chi connectivity index (χ0n) is 15.3. The van der Waals surface area contributed by atoms with E-state index in [0.717, 1.165) is 0 Å². The summed E-state index contributed by atoms with van der Waals surface area (Å²) >= 11 is 5.86. The maximum atomic E-state index is 12.5. The standard InChI is InChI=1S/C19H23ClN2O4/c1-12(10-20)15(18(25)26-19(2,3)4)22-11-14(17(22)24)21-16(23)13-8-6-5-7-9-13/h5-9,14H,10-11H2,1-4H3,(H,21,23). The van der Waals surface area contributed by atoms with E-state index in [1.54, 1.807) is 58.0 Å². The maximum Gasteiger partial charge on any atom is 0.355 e. The lowest BCUT2D eigenvalue weighted by Crippen LogP contribution is -2.64. The van der Waals surface area contributed by atoms with Crippen molar-refractivity contribution in [2.45, 2.75) is 39.3 Å². The minimum atomic E-state index is -0.691. The van der Waals surface area contributed by atoms with Crippen LogP contribution in [0.25, 0.3) is 0 Å². The Morgan fingerprint density at radius 2 is 1.88 bits per heavy atom. The summed E-state index contributed by atoms with van der Waals surface area (Å²) in [6.07, 6.45) is 0. The second kappa shape index (κ2) is 7.91. The van der Waals surface area contributed by atoms with E-state index in [1.807, 2.05) is 0 Å². The van der Waals surface area contributed by atoms with Crippen LogP contribution in [0.15, 0.2) is 41.6 Å². The van der Waals surface area contributed by atoms with Gasteiger partial charge in [0.25, 0.3) is 11.8 Å². The third kappa shape index (κ3) is 4.64. The number of allylic oxidation sites excluding steroid dienone is 1. The normalized spacial score (nSPS) is 18.0. The fraction of sp³-hybridized carbons (Fsp3) is 0.421. The van der Waals surface area contributed by atoms with Gasteiger partial charge in [-0.2, -0.15) is 0 Å². The minimum absolute atomic E-state index is 0.0966. The Kier molecular flexibility index (Phi) is 6.08. The van der Waals surface area contributed by atoms with Gasteiger partial charge in [-0.3, -0.25) is 9.59 Å². The molecule has 1 aromatic carbocycles. The van der Waals surface area contributed by atoms with Crippen molar-refractivity contribution in [1.82, 2.24) is 10.2 Å². The van der Waals surface area contributed by atoms with Crippen molar-refractivity contribution in [2.24, 2.45) is 0 Å². The van der Waals surface area contributed by atoms with Crippen molar-refractivity contribution in [2.75, 3.05) is 12.4 Å². The van der Waals surface area contributed by atoms with Crippen molar-refractivity contribution in [3.8, 4) is 0 Å². The number of ether oxygens (including phenoxy) is 1. The van der Waals surface area contributed by atoms with Gasteiger partial charge in [0.1, 0.15) is 17.3 Å². The summed E-state index contributed by atoms with van der Waals surface area (Å²) in [6.45, 7) is 7.12. The van der Waals surface area contributed by atoms with Crippen LogP contribution in [0.2, 0.25) is 0 Å². The van der Waals surface area contributed by atoms with Crippen molar-refractivity contribution in [3.63, 3.8) is 0 Å². The molecule has 1 N–H and O–H groups in total. The topological polar surface area (TPSA) is 75.7 Å². The number of nitrogens with zero attached hydrogens (tertiary/aromatic N) is 1. The molecule has 7 heteroatoms. The Morgan fingerprint density at radius 3 is 2.38 bits per heavy atom. The van der Waals surface area contributed by atoms with E-state index in [4.69, 9.17) is 16.3 Å². The van der Waals surface area contributed by atoms with Crippen LogP contribution in [0.3, 0.4) is 0 Å². The molecule has 1 heterocycles. The average molecular weight is 379 g/mol. The van der Waals surface area contributed by atoms with Gasteiger partial charge in [-0.1, -0.05) is 18.2 Å². The summed E-state index contributed by atoms with van der Waals surface area (Å²) in [5.41, 5.74) is 0.467. The fourth-order valence-electron chi connectivity index (χ4n) is 2.47. The van der Waals surface area contributed by atoms with E-state index in [-0.39, 0.29) is 29.9 Å². The lowest BCUT2D eigenvalue weighted by molar-refractivity contribution is -0.157. The van der Waals surface area contributed by atoms with Crippen LogP contribution < -0.4 is 5.32 Å². The molecule has 2 amide bonds. The van der Waals surface area contributed by atoms with Gasteiger partial charge in [0, 0.05) is 11.4 Å². The van der Waals surface area contributed by atoms with Gasteiger partial charge in [-0.25, -0.2) is 4.79 Å². The molecule has 6 nitrogen and oxygen atoms in total. The zero-order chi connectivity index (χ0) is 19.5. The molecule has 1 aromatic rings. The molecule has 1 fully saturated rings. The number of hydrogen-bond donors (Lipinski definition) is 1. The largest absolute Gasteiger partial charge is 0.455 e. The number of amides is 2. The molecule has 0 spiro atoms. The number of carbonyl (C=O) groups is 3. The van der Waals surface area contributed by atoms with Gasteiger partial charge in [0.2, 0.25) is 0 Å². The Balaban J connectivity index is 2.08. The van der Waals surface area contributed by atoms with E-state index in [9.17, 15) is 14.4 Å². The van der Waals surface area contributed by atoms with E-state index in [1.165, 1.54) is 4.90 Å². The molecule has 26 heavy (non-hydrogen) atoms. The van der Waals surface area contributed by atoms with Crippen LogP contribution in [-0.2, 0) is 14.3 Å².